The summed E-state index contributed by atoms with van der Waals surface area (Å²) in [5.41, 5.74) is 5.58. The molecule has 6 rings (SSSR count). The Hall–Kier alpha value is -4.46. The van der Waals surface area contributed by atoms with Crippen LogP contribution in [0.4, 0.5) is 0 Å². The molecule has 0 unspecified atom stereocenters. The Morgan fingerprint density at radius 2 is 1.03 bits per heavy atom. The van der Waals surface area contributed by atoms with Crippen LogP contribution >= 0.6 is 0 Å². The summed E-state index contributed by atoms with van der Waals surface area (Å²) < 4.78 is 0. The maximum absolute atomic E-state index is 4.70. The van der Waals surface area contributed by atoms with E-state index in [9.17, 15) is 0 Å². The third kappa shape index (κ3) is 3.29. The van der Waals surface area contributed by atoms with Crippen molar-refractivity contribution in [3.8, 4) is 22.8 Å². The van der Waals surface area contributed by atoms with E-state index < -0.39 is 0 Å². The summed E-state index contributed by atoms with van der Waals surface area (Å²) in [6, 6.07) is 15.6. The summed E-state index contributed by atoms with van der Waals surface area (Å²) in [5, 5.41) is 0. The Kier molecular flexibility index (Phi) is 3.99. The molecule has 2 N–H and O–H groups in total. The molecule has 0 fully saturated rings. The quantitative estimate of drug-likeness (QED) is 0.461. The maximum atomic E-state index is 4.70. The van der Waals surface area contributed by atoms with Crippen molar-refractivity contribution in [2.75, 3.05) is 0 Å². The standard InChI is InChI=1S/C23H16N8/c1-7-24-22(25-8-1)14-3-5-16-18(11-14)30-20(28-16)13-21-29-17-6-4-15(12-19(17)31-21)23-26-9-2-10-27-23/h1-12H,13H2,(H,28,30)(H,29,31). The van der Waals surface area contributed by atoms with Gasteiger partial charge in [0, 0.05) is 35.9 Å². The number of nitrogens with one attached hydrogen (secondary N) is 2. The van der Waals surface area contributed by atoms with Crippen molar-refractivity contribution in [2.45, 2.75) is 6.42 Å². The lowest BCUT2D eigenvalue weighted by Crippen LogP contribution is -1.92. The van der Waals surface area contributed by atoms with Gasteiger partial charge < -0.3 is 9.97 Å². The van der Waals surface area contributed by atoms with Gasteiger partial charge in [0.2, 0.25) is 0 Å². The second-order valence-corrected chi connectivity index (χ2v) is 7.15. The number of aromatic nitrogens is 8. The topological polar surface area (TPSA) is 109 Å². The van der Waals surface area contributed by atoms with E-state index in [0.29, 0.717) is 18.1 Å². The van der Waals surface area contributed by atoms with Crippen molar-refractivity contribution in [1.29, 1.82) is 0 Å². The molecule has 0 aliphatic rings. The van der Waals surface area contributed by atoms with Crippen LogP contribution in [-0.2, 0) is 6.42 Å². The first-order valence-corrected chi connectivity index (χ1v) is 9.84. The summed E-state index contributed by atoms with van der Waals surface area (Å²) in [5.74, 6) is 3.06. The first-order valence-electron chi connectivity index (χ1n) is 9.84. The highest BCUT2D eigenvalue weighted by atomic mass is 15.0. The van der Waals surface area contributed by atoms with E-state index in [0.717, 1.165) is 44.8 Å². The fraction of sp³-hybridized carbons (Fsp3) is 0.0435. The van der Waals surface area contributed by atoms with E-state index >= 15 is 0 Å². The van der Waals surface area contributed by atoms with E-state index in [1.165, 1.54) is 0 Å². The first kappa shape index (κ1) is 17.4. The van der Waals surface area contributed by atoms with E-state index in [2.05, 4.69) is 29.9 Å². The van der Waals surface area contributed by atoms with Crippen LogP contribution in [0.25, 0.3) is 44.8 Å². The number of fused-ring (bicyclic) bond motifs is 2. The fourth-order valence-electron chi connectivity index (χ4n) is 3.63. The van der Waals surface area contributed by atoms with Crippen LogP contribution in [-0.4, -0.2) is 39.9 Å². The molecule has 0 amide bonds. The number of benzene rings is 2. The Bertz CT molecular complexity index is 1390. The lowest BCUT2D eigenvalue weighted by atomic mass is 10.2. The predicted octanol–water partition coefficient (Wildman–Crippen LogP) is 3.94. The highest BCUT2D eigenvalue weighted by Crippen LogP contribution is 2.23. The fourth-order valence-corrected chi connectivity index (χ4v) is 3.63. The highest BCUT2D eigenvalue weighted by Gasteiger charge is 2.11. The highest BCUT2D eigenvalue weighted by molar-refractivity contribution is 5.81. The predicted molar refractivity (Wildman–Crippen MR) is 117 cm³/mol. The molecule has 0 bridgehead atoms. The minimum Gasteiger partial charge on any atom is -0.342 e. The molecule has 2 aromatic carbocycles. The van der Waals surface area contributed by atoms with Gasteiger partial charge in [-0.05, 0) is 48.5 Å². The van der Waals surface area contributed by atoms with Crippen molar-refractivity contribution < 1.29 is 0 Å². The van der Waals surface area contributed by atoms with Crippen LogP contribution in [0, 0.1) is 0 Å². The lowest BCUT2D eigenvalue weighted by Gasteiger charge is -1.98. The number of imidazole rings is 2. The van der Waals surface area contributed by atoms with E-state index in [4.69, 9.17) is 9.97 Å². The molecule has 0 aliphatic heterocycles. The van der Waals surface area contributed by atoms with E-state index in [1.54, 1.807) is 36.9 Å². The number of nitrogens with zero attached hydrogens (tertiary/aromatic N) is 6. The smallest absolute Gasteiger partial charge is 0.159 e. The van der Waals surface area contributed by atoms with Gasteiger partial charge in [-0.15, -0.1) is 0 Å². The molecule has 8 heteroatoms. The maximum Gasteiger partial charge on any atom is 0.159 e. The van der Waals surface area contributed by atoms with Crippen LogP contribution in [0.2, 0.25) is 0 Å². The summed E-state index contributed by atoms with van der Waals surface area (Å²) in [4.78, 5) is 33.4. The molecule has 0 radical (unpaired) electrons. The van der Waals surface area contributed by atoms with Gasteiger partial charge in [0.15, 0.2) is 11.6 Å². The number of H-pyrrole nitrogens is 2. The van der Waals surface area contributed by atoms with Crippen LogP contribution in [0.5, 0.6) is 0 Å². The second-order valence-electron chi connectivity index (χ2n) is 7.15. The molecule has 0 atom stereocenters. The Balaban J connectivity index is 1.30. The van der Waals surface area contributed by atoms with Crippen LogP contribution in [0.15, 0.2) is 73.3 Å². The van der Waals surface area contributed by atoms with Crippen molar-refractivity contribution in [3.63, 3.8) is 0 Å². The number of aromatic amines is 2. The molecular formula is C23H16N8. The minimum absolute atomic E-state index is 0.567. The van der Waals surface area contributed by atoms with Gasteiger partial charge in [-0.25, -0.2) is 29.9 Å². The second kappa shape index (κ2) is 7.10. The number of hydrogen-bond acceptors (Lipinski definition) is 6. The summed E-state index contributed by atoms with van der Waals surface area (Å²) in [6.45, 7) is 0. The lowest BCUT2D eigenvalue weighted by molar-refractivity contribution is 0.960. The van der Waals surface area contributed by atoms with Gasteiger partial charge in [-0.1, -0.05) is 0 Å². The van der Waals surface area contributed by atoms with Crippen LogP contribution in [0.3, 0.4) is 0 Å². The molecule has 8 nitrogen and oxygen atoms in total. The molecule has 4 aromatic heterocycles. The van der Waals surface area contributed by atoms with Crippen LogP contribution < -0.4 is 0 Å². The molecular weight excluding hydrogens is 388 g/mol. The SMILES string of the molecule is c1cnc(-c2ccc3nc(Cc4nc5ccc(-c6ncccn6)cc5[nH]4)[nH]c3c2)nc1. The van der Waals surface area contributed by atoms with Gasteiger partial charge >= 0.3 is 0 Å². The summed E-state index contributed by atoms with van der Waals surface area (Å²) in [6.07, 6.45) is 7.52. The normalized spacial score (nSPS) is 11.4. The average molecular weight is 404 g/mol. The van der Waals surface area contributed by atoms with Gasteiger partial charge in [-0.2, -0.15) is 0 Å². The van der Waals surface area contributed by atoms with Gasteiger partial charge in [-0.3, -0.25) is 0 Å². The van der Waals surface area contributed by atoms with Crippen molar-refractivity contribution in [1.82, 2.24) is 39.9 Å². The minimum atomic E-state index is 0.567. The molecule has 0 aliphatic carbocycles. The largest absolute Gasteiger partial charge is 0.342 e. The molecule has 148 valence electrons. The molecule has 4 heterocycles. The van der Waals surface area contributed by atoms with Gasteiger partial charge in [0.05, 0.1) is 28.5 Å². The monoisotopic (exact) mass is 404 g/mol. The van der Waals surface area contributed by atoms with Crippen molar-refractivity contribution in [2.24, 2.45) is 0 Å². The summed E-state index contributed by atoms with van der Waals surface area (Å²) >= 11 is 0. The van der Waals surface area contributed by atoms with Crippen molar-refractivity contribution in [3.05, 3.63) is 85.0 Å². The third-order valence-corrected chi connectivity index (χ3v) is 5.04. The van der Waals surface area contributed by atoms with Crippen LogP contribution in [0.1, 0.15) is 11.6 Å². The zero-order chi connectivity index (χ0) is 20.6. The average Bonchev–Trinajstić information content (AvgIpc) is 3.42. The van der Waals surface area contributed by atoms with E-state index in [-0.39, 0.29) is 0 Å². The molecule has 0 saturated heterocycles. The molecule has 6 aromatic rings. The molecule has 0 saturated carbocycles. The molecule has 0 spiro atoms. The Morgan fingerprint density at radius 1 is 0.581 bits per heavy atom. The molecule has 31 heavy (non-hydrogen) atoms. The zero-order valence-electron chi connectivity index (χ0n) is 16.3. The number of hydrogen-bond donors (Lipinski definition) is 2. The Labute approximate surface area is 176 Å². The summed E-state index contributed by atoms with van der Waals surface area (Å²) in [7, 11) is 0. The Morgan fingerprint density at radius 3 is 1.48 bits per heavy atom. The van der Waals surface area contributed by atoms with Gasteiger partial charge in [0.1, 0.15) is 11.6 Å². The van der Waals surface area contributed by atoms with E-state index in [1.807, 2.05) is 36.4 Å². The zero-order valence-corrected chi connectivity index (χ0v) is 16.3. The van der Waals surface area contributed by atoms with Gasteiger partial charge in [0.25, 0.3) is 0 Å². The third-order valence-electron chi connectivity index (χ3n) is 5.04. The number of rotatable bonds is 4. The first-order chi connectivity index (χ1) is 15.3. The van der Waals surface area contributed by atoms with Crippen molar-refractivity contribution >= 4 is 22.1 Å².